The van der Waals surface area contributed by atoms with E-state index in [-0.39, 0.29) is 12.5 Å². The molecule has 0 spiro atoms. The zero-order chi connectivity index (χ0) is 17.2. The van der Waals surface area contributed by atoms with Gasteiger partial charge in [-0.25, -0.2) is 9.59 Å². The predicted octanol–water partition coefficient (Wildman–Crippen LogP) is 4.47. The van der Waals surface area contributed by atoms with E-state index in [0.29, 0.717) is 23.6 Å². The summed E-state index contributed by atoms with van der Waals surface area (Å²) in [6.45, 7) is 6.08. The molecule has 1 rings (SSSR count). The maximum atomic E-state index is 12.1. The van der Waals surface area contributed by atoms with Gasteiger partial charge in [-0.3, -0.25) is 0 Å². The van der Waals surface area contributed by atoms with E-state index in [1.165, 1.54) is 6.07 Å². The number of ether oxygens (including phenoxy) is 3. The Bertz CT molecular complexity index is 515. The third kappa shape index (κ3) is 7.88. The molecule has 1 atom stereocenters. The molecule has 1 unspecified atom stereocenters. The number of carbonyl (C=O) groups is 2. The van der Waals surface area contributed by atoms with E-state index in [0.717, 1.165) is 6.42 Å². The molecule has 0 radical (unpaired) electrons. The van der Waals surface area contributed by atoms with Crippen molar-refractivity contribution in [3.8, 4) is 0 Å². The third-order valence-corrected chi connectivity index (χ3v) is 3.10. The van der Waals surface area contributed by atoms with Crippen LogP contribution < -0.4 is 0 Å². The third-order valence-electron chi connectivity index (χ3n) is 2.87. The Balaban J connectivity index is 2.51. The number of hydrogen-bond donors (Lipinski definition) is 0. The van der Waals surface area contributed by atoms with Gasteiger partial charge in [0.25, 0.3) is 0 Å². The summed E-state index contributed by atoms with van der Waals surface area (Å²) < 4.78 is 15.3. The average molecular weight is 343 g/mol. The number of hydrogen-bond acceptors (Lipinski definition) is 5. The molecule has 0 aliphatic heterocycles. The molecule has 0 heterocycles. The minimum atomic E-state index is -0.751. The lowest BCUT2D eigenvalue weighted by atomic mass is 10.2. The highest BCUT2D eigenvalue weighted by Crippen LogP contribution is 2.14. The van der Waals surface area contributed by atoms with Gasteiger partial charge in [-0.2, -0.15) is 0 Å². The molecule has 0 aromatic heterocycles. The molecule has 0 saturated carbocycles. The van der Waals surface area contributed by atoms with Crippen LogP contribution >= 0.6 is 11.6 Å². The molecule has 0 saturated heterocycles. The lowest BCUT2D eigenvalue weighted by Crippen LogP contribution is -2.26. The van der Waals surface area contributed by atoms with Crippen LogP contribution in [0.4, 0.5) is 4.79 Å². The first-order valence-corrected chi connectivity index (χ1v) is 8.06. The Kier molecular flexibility index (Phi) is 8.48. The molecule has 0 fully saturated rings. The summed E-state index contributed by atoms with van der Waals surface area (Å²) in [7, 11) is 0. The van der Waals surface area contributed by atoms with Crippen molar-refractivity contribution in [2.45, 2.75) is 39.7 Å². The van der Waals surface area contributed by atoms with E-state index in [1.54, 1.807) is 18.2 Å². The molecular formula is C17H23ClO5. The Labute approximate surface area is 141 Å². The van der Waals surface area contributed by atoms with Crippen LogP contribution in [-0.4, -0.2) is 31.4 Å². The highest BCUT2D eigenvalue weighted by molar-refractivity contribution is 6.30. The molecule has 0 amide bonds. The molecular weight excluding hydrogens is 320 g/mol. The number of benzene rings is 1. The minimum Gasteiger partial charge on any atom is -0.455 e. The van der Waals surface area contributed by atoms with E-state index in [1.807, 2.05) is 20.8 Å². The normalized spacial score (nSPS) is 11.9. The fraction of sp³-hybridized carbons (Fsp3) is 0.529. The van der Waals surface area contributed by atoms with Crippen LogP contribution in [0.5, 0.6) is 0 Å². The minimum absolute atomic E-state index is 0.0307. The van der Waals surface area contributed by atoms with E-state index >= 15 is 0 Å². The van der Waals surface area contributed by atoms with Gasteiger partial charge in [0, 0.05) is 5.02 Å². The molecule has 0 N–H and O–H groups in total. The van der Waals surface area contributed by atoms with Crippen LogP contribution in [0, 0.1) is 5.92 Å². The smallest absolute Gasteiger partial charge is 0.455 e. The highest BCUT2D eigenvalue weighted by atomic mass is 35.5. The van der Waals surface area contributed by atoms with Gasteiger partial charge in [0.05, 0.1) is 12.2 Å². The molecule has 1 aromatic carbocycles. The fourth-order valence-corrected chi connectivity index (χ4v) is 1.96. The Morgan fingerprint density at radius 1 is 1.17 bits per heavy atom. The van der Waals surface area contributed by atoms with E-state index in [2.05, 4.69) is 0 Å². The van der Waals surface area contributed by atoms with Crippen molar-refractivity contribution < 1.29 is 23.8 Å². The van der Waals surface area contributed by atoms with E-state index in [9.17, 15) is 9.59 Å². The molecule has 1 aromatic rings. The summed E-state index contributed by atoms with van der Waals surface area (Å²) in [5.74, 6) is -0.264. The fourth-order valence-electron chi connectivity index (χ4n) is 1.77. The zero-order valence-electron chi connectivity index (χ0n) is 13.7. The second kappa shape index (κ2) is 10.1. The summed E-state index contributed by atoms with van der Waals surface area (Å²) in [6, 6.07) is 6.50. The van der Waals surface area contributed by atoms with Crippen LogP contribution in [0.15, 0.2) is 24.3 Å². The molecule has 0 bridgehead atoms. The molecule has 6 heteroatoms. The Morgan fingerprint density at radius 3 is 2.48 bits per heavy atom. The lowest BCUT2D eigenvalue weighted by molar-refractivity contribution is -0.0109. The van der Waals surface area contributed by atoms with Crippen LogP contribution in [0.2, 0.25) is 5.02 Å². The van der Waals surface area contributed by atoms with Gasteiger partial charge in [-0.05, 0) is 30.5 Å². The van der Waals surface area contributed by atoms with Crippen molar-refractivity contribution in [3.63, 3.8) is 0 Å². The van der Waals surface area contributed by atoms with Gasteiger partial charge in [0.15, 0.2) is 0 Å². The van der Waals surface area contributed by atoms with Crippen molar-refractivity contribution in [2.75, 3.05) is 13.2 Å². The van der Waals surface area contributed by atoms with Gasteiger partial charge in [-0.1, -0.05) is 44.9 Å². The van der Waals surface area contributed by atoms with Crippen LogP contribution in [-0.2, 0) is 14.2 Å². The van der Waals surface area contributed by atoms with E-state index in [4.69, 9.17) is 25.8 Å². The maximum absolute atomic E-state index is 12.1. The standard InChI is InChI=1S/C17H23ClO5/c1-4-6-15(11-22-17(20)21-10-12(2)3)23-16(19)13-7-5-8-14(18)9-13/h5,7-9,12,15H,4,6,10-11H2,1-3H3. The van der Waals surface area contributed by atoms with Crippen molar-refractivity contribution in [2.24, 2.45) is 5.92 Å². The van der Waals surface area contributed by atoms with Crippen LogP contribution in [0.1, 0.15) is 44.0 Å². The van der Waals surface area contributed by atoms with Gasteiger partial charge in [0.1, 0.15) is 12.7 Å². The topological polar surface area (TPSA) is 61.8 Å². The first kappa shape index (κ1) is 19.3. The number of rotatable bonds is 8. The second-order valence-corrected chi connectivity index (χ2v) is 6.03. The van der Waals surface area contributed by atoms with Crippen molar-refractivity contribution in [1.29, 1.82) is 0 Å². The monoisotopic (exact) mass is 342 g/mol. The van der Waals surface area contributed by atoms with Crippen molar-refractivity contribution in [1.82, 2.24) is 0 Å². The first-order valence-electron chi connectivity index (χ1n) is 7.68. The summed E-state index contributed by atoms with van der Waals surface area (Å²) in [6.07, 6.45) is 0.110. The molecule has 5 nitrogen and oxygen atoms in total. The number of esters is 1. The molecule has 128 valence electrons. The number of halogens is 1. The summed E-state index contributed by atoms with van der Waals surface area (Å²) >= 11 is 5.86. The summed E-state index contributed by atoms with van der Waals surface area (Å²) in [5, 5.41) is 0.458. The average Bonchev–Trinajstić information content (AvgIpc) is 2.50. The molecule has 0 aliphatic rings. The van der Waals surface area contributed by atoms with Crippen molar-refractivity contribution in [3.05, 3.63) is 34.9 Å². The lowest BCUT2D eigenvalue weighted by Gasteiger charge is -2.17. The maximum Gasteiger partial charge on any atom is 0.508 e. The molecule has 0 aliphatic carbocycles. The first-order chi connectivity index (χ1) is 10.9. The Morgan fingerprint density at radius 2 is 1.87 bits per heavy atom. The van der Waals surface area contributed by atoms with Crippen molar-refractivity contribution >= 4 is 23.7 Å². The van der Waals surface area contributed by atoms with Gasteiger partial charge < -0.3 is 14.2 Å². The van der Waals surface area contributed by atoms with Gasteiger partial charge >= 0.3 is 12.1 Å². The van der Waals surface area contributed by atoms with Crippen LogP contribution in [0.3, 0.4) is 0 Å². The SMILES string of the molecule is CCCC(COC(=O)OCC(C)C)OC(=O)c1cccc(Cl)c1. The Hall–Kier alpha value is -1.75. The van der Waals surface area contributed by atoms with Gasteiger partial charge in [0.2, 0.25) is 0 Å². The molecule has 23 heavy (non-hydrogen) atoms. The van der Waals surface area contributed by atoms with Crippen LogP contribution in [0.25, 0.3) is 0 Å². The summed E-state index contributed by atoms with van der Waals surface area (Å²) in [5.41, 5.74) is 0.362. The second-order valence-electron chi connectivity index (χ2n) is 5.59. The van der Waals surface area contributed by atoms with Gasteiger partial charge in [-0.15, -0.1) is 0 Å². The number of carbonyl (C=O) groups excluding carboxylic acids is 2. The quantitative estimate of drug-likeness (QED) is 0.652. The predicted molar refractivity (Wildman–Crippen MR) is 87.7 cm³/mol. The van der Waals surface area contributed by atoms with E-state index < -0.39 is 18.2 Å². The zero-order valence-corrected chi connectivity index (χ0v) is 14.5. The summed E-state index contributed by atoms with van der Waals surface area (Å²) in [4.78, 5) is 23.5. The highest BCUT2D eigenvalue weighted by Gasteiger charge is 2.18. The largest absolute Gasteiger partial charge is 0.508 e.